The second-order valence-electron chi connectivity index (χ2n) is 7.04. The molecule has 1 heterocycles. The van der Waals surface area contributed by atoms with E-state index >= 15 is 0 Å². The van der Waals surface area contributed by atoms with Crippen LogP contribution in [0.4, 0.5) is 0 Å². The molecule has 148 valence electrons. The van der Waals surface area contributed by atoms with Gasteiger partial charge in [0.2, 0.25) is 0 Å². The van der Waals surface area contributed by atoms with Crippen LogP contribution in [-0.2, 0) is 9.53 Å². The fraction of sp³-hybridized carbons (Fsp3) is 0.227. The third-order valence-electron chi connectivity index (χ3n) is 4.84. The lowest BCUT2D eigenvalue weighted by Gasteiger charge is -2.18. The number of aromatic nitrogens is 2. The lowest BCUT2D eigenvalue weighted by Crippen LogP contribution is -2.33. The second kappa shape index (κ2) is 8.61. The first-order valence-electron chi connectivity index (χ1n) is 9.43. The minimum atomic E-state index is -0.612. The number of benzene rings is 2. The smallest absolute Gasteiger partial charge is 0.356 e. The fourth-order valence-corrected chi connectivity index (χ4v) is 3.45. The number of carbonyl (C=O) groups excluding carboxylic acids is 2. The number of carbonyl (C=O) groups is 2. The summed E-state index contributed by atoms with van der Waals surface area (Å²) in [4.78, 5) is 24.6. The summed E-state index contributed by atoms with van der Waals surface area (Å²) in [5, 5.41) is 9.80. The van der Waals surface area contributed by atoms with Crippen molar-refractivity contribution < 1.29 is 14.3 Å². The molecule has 0 radical (unpaired) electrons. The molecule has 1 saturated carbocycles. The summed E-state index contributed by atoms with van der Waals surface area (Å²) in [6.45, 7) is -0.332. The van der Waals surface area contributed by atoms with E-state index in [1.807, 2.05) is 54.6 Å². The average Bonchev–Trinajstić information content (AvgIpc) is 3.47. The van der Waals surface area contributed by atoms with Gasteiger partial charge in [0.1, 0.15) is 5.69 Å². The van der Waals surface area contributed by atoms with Gasteiger partial charge in [-0.15, -0.1) is 0 Å². The van der Waals surface area contributed by atoms with Crippen LogP contribution < -0.4 is 5.32 Å². The first-order chi connectivity index (χ1) is 14.1. The molecule has 1 aliphatic carbocycles. The minimum Gasteiger partial charge on any atom is -0.451 e. The van der Waals surface area contributed by atoms with Crippen molar-refractivity contribution in [3.05, 3.63) is 76.4 Å². The zero-order valence-corrected chi connectivity index (χ0v) is 17.2. The molecular weight excluding hydrogens is 434 g/mol. The highest BCUT2D eigenvalue weighted by molar-refractivity contribution is 9.10. The van der Waals surface area contributed by atoms with E-state index in [9.17, 15) is 9.59 Å². The first-order valence-corrected chi connectivity index (χ1v) is 10.2. The summed E-state index contributed by atoms with van der Waals surface area (Å²) in [6.07, 6.45) is 2.18. The molecular formula is C22H20BrN3O3. The van der Waals surface area contributed by atoms with E-state index in [1.165, 1.54) is 0 Å². The van der Waals surface area contributed by atoms with Crippen LogP contribution in [0.2, 0.25) is 0 Å². The lowest BCUT2D eigenvalue weighted by atomic mass is 10.0. The summed E-state index contributed by atoms with van der Waals surface area (Å²) in [7, 11) is 0. The number of esters is 1. The van der Waals surface area contributed by atoms with Gasteiger partial charge in [-0.2, -0.15) is 5.10 Å². The third kappa shape index (κ3) is 4.92. The van der Waals surface area contributed by atoms with Gasteiger partial charge in [0, 0.05) is 10.0 Å². The quantitative estimate of drug-likeness (QED) is 0.523. The number of nitrogens with one attached hydrogen (secondary N) is 2. The Morgan fingerprint density at radius 1 is 1.14 bits per heavy atom. The van der Waals surface area contributed by atoms with E-state index in [-0.39, 0.29) is 24.2 Å². The Kier molecular flexibility index (Phi) is 5.76. The molecule has 29 heavy (non-hydrogen) atoms. The van der Waals surface area contributed by atoms with Crippen molar-refractivity contribution in [3.63, 3.8) is 0 Å². The van der Waals surface area contributed by atoms with Crippen LogP contribution in [0, 0.1) is 5.92 Å². The Balaban J connectivity index is 1.33. The van der Waals surface area contributed by atoms with E-state index in [0.717, 1.165) is 28.4 Å². The highest BCUT2D eigenvalue weighted by Gasteiger charge is 2.33. The Bertz CT molecular complexity index is 998. The van der Waals surface area contributed by atoms with Gasteiger partial charge < -0.3 is 10.1 Å². The van der Waals surface area contributed by atoms with Crippen LogP contribution in [-0.4, -0.2) is 28.7 Å². The number of hydrogen-bond acceptors (Lipinski definition) is 4. The number of H-pyrrole nitrogens is 1. The van der Waals surface area contributed by atoms with Crippen molar-refractivity contribution in [2.75, 3.05) is 6.61 Å². The number of amides is 1. The minimum absolute atomic E-state index is 0.0430. The van der Waals surface area contributed by atoms with Crippen LogP contribution in [0.5, 0.6) is 0 Å². The molecule has 0 aliphatic heterocycles. The number of nitrogens with zero attached hydrogens (tertiary/aromatic N) is 1. The Hall–Kier alpha value is -2.93. The standard InChI is InChI=1S/C22H20BrN3O3/c23-17-10-8-14(9-11-17)18-12-19(26-25-18)22(28)29-13-20(27)24-21(16-6-7-16)15-4-2-1-3-5-15/h1-5,8-12,16,21H,6-7,13H2,(H,24,27)(H,25,26). The van der Waals surface area contributed by atoms with Crippen LogP contribution >= 0.6 is 15.9 Å². The summed E-state index contributed by atoms with van der Waals surface area (Å²) < 4.78 is 6.13. The predicted molar refractivity (Wildman–Crippen MR) is 112 cm³/mol. The molecule has 1 amide bonds. The number of ether oxygens (including phenoxy) is 1. The third-order valence-corrected chi connectivity index (χ3v) is 5.37. The maximum absolute atomic E-state index is 12.3. The molecule has 4 rings (SSSR count). The van der Waals surface area contributed by atoms with Crippen molar-refractivity contribution >= 4 is 27.8 Å². The molecule has 3 aromatic rings. The van der Waals surface area contributed by atoms with Gasteiger partial charge in [-0.3, -0.25) is 9.89 Å². The SMILES string of the molecule is O=C(COC(=O)c1cc(-c2ccc(Br)cc2)n[nH]1)NC(c1ccccc1)C1CC1. The second-order valence-corrected chi connectivity index (χ2v) is 7.96. The summed E-state index contributed by atoms with van der Waals surface area (Å²) in [6, 6.07) is 19.0. The molecule has 1 unspecified atom stereocenters. The number of hydrogen-bond donors (Lipinski definition) is 2. The van der Waals surface area contributed by atoms with E-state index in [1.54, 1.807) is 6.07 Å². The normalized spacial score (nSPS) is 14.2. The number of aromatic amines is 1. The van der Waals surface area contributed by atoms with Crippen LogP contribution in [0.15, 0.2) is 65.1 Å². The molecule has 2 aromatic carbocycles. The zero-order valence-electron chi connectivity index (χ0n) is 15.6. The Labute approximate surface area is 176 Å². The van der Waals surface area contributed by atoms with Gasteiger partial charge in [-0.05, 0) is 42.5 Å². The summed E-state index contributed by atoms with van der Waals surface area (Å²) in [5.41, 5.74) is 2.78. The van der Waals surface area contributed by atoms with E-state index in [2.05, 4.69) is 31.4 Å². The predicted octanol–water partition coefficient (Wildman–Crippen LogP) is 4.26. The Morgan fingerprint density at radius 3 is 2.55 bits per heavy atom. The maximum Gasteiger partial charge on any atom is 0.356 e. The first kappa shape index (κ1) is 19.4. The zero-order chi connectivity index (χ0) is 20.2. The highest BCUT2D eigenvalue weighted by Crippen LogP contribution is 2.40. The molecule has 1 aromatic heterocycles. The average molecular weight is 454 g/mol. The van der Waals surface area contributed by atoms with Crippen molar-refractivity contribution in [1.29, 1.82) is 0 Å². The largest absolute Gasteiger partial charge is 0.451 e. The van der Waals surface area contributed by atoms with Gasteiger partial charge in [0.15, 0.2) is 6.61 Å². The van der Waals surface area contributed by atoms with Crippen molar-refractivity contribution in [2.45, 2.75) is 18.9 Å². The van der Waals surface area contributed by atoms with Crippen LogP contribution in [0.3, 0.4) is 0 Å². The number of halogens is 1. The van der Waals surface area contributed by atoms with Crippen LogP contribution in [0.25, 0.3) is 11.3 Å². The van der Waals surface area contributed by atoms with Crippen molar-refractivity contribution in [1.82, 2.24) is 15.5 Å². The molecule has 0 spiro atoms. The maximum atomic E-state index is 12.3. The van der Waals surface area contributed by atoms with Gasteiger partial charge in [-0.1, -0.05) is 58.4 Å². The molecule has 0 saturated heterocycles. The van der Waals surface area contributed by atoms with E-state index in [0.29, 0.717) is 11.6 Å². The lowest BCUT2D eigenvalue weighted by molar-refractivity contribution is -0.125. The van der Waals surface area contributed by atoms with Gasteiger partial charge in [-0.25, -0.2) is 4.79 Å². The summed E-state index contributed by atoms with van der Waals surface area (Å²) in [5.74, 6) is -0.483. The molecule has 1 aliphatic rings. The molecule has 1 fully saturated rings. The number of rotatable bonds is 7. The Morgan fingerprint density at radius 2 is 1.86 bits per heavy atom. The van der Waals surface area contributed by atoms with E-state index in [4.69, 9.17) is 4.74 Å². The van der Waals surface area contributed by atoms with Gasteiger partial charge in [0.05, 0.1) is 11.7 Å². The summed E-state index contributed by atoms with van der Waals surface area (Å²) >= 11 is 3.38. The highest BCUT2D eigenvalue weighted by atomic mass is 79.9. The van der Waals surface area contributed by atoms with Crippen LogP contribution in [0.1, 0.15) is 34.9 Å². The molecule has 0 bridgehead atoms. The van der Waals surface area contributed by atoms with E-state index < -0.39 is 5.97 Å². The van der Waals surface area contributed by atoms with Gasteiger partial charge >= 0.3 is 5.97 Å². The van der Waals surface area contributed by atoms with Crippen molar-refractivity contribution in [3.8, 4) is 11.3 Å². The molecule has 6 nitrogen and oxygen atoms in total. The topological polar surface area (TPSA) is 84.1 Å². The molecule has 1 atom stereocenters. The molecule has 2 N–H and O–H groups in total. The monoisotopic (exact) mass is 453 g/mol. The fourth-order valence-electron chi connectivity index (χ4n) is 3.18. The molecule has 7 heteroatoms. The van der Waals surface area contributed by atoms with Gasteiger partial charge in [0.25, 0.3) is 5.91 Å². The van der Waals surface area contributed by atoms with Crippen molar-refractivity contribution in [2.24, 2.45) is 5.92 Å².